The van der Waals surface area contributed by atoms with Crippen molar-refractivity contribution in [2.45, 2.75) is 13.5 Å². The summed E-state index contributed by atoms with van der Waals surface area (Å²) in [4.78, 5) is 13.4. The third-order valence-electron chi connectivity index (χ3n) is 2.59. The van der Waals surface area contributed by atoms with Gasteiger partial charge in [0.1, 0.15) is 0 Å². The molecule has 0 radical (unpaired) electrons. The summed E-state index contributed by atoms with van der Waals surface area (Å²) in [5, 5.41) is 3.71. The molecule has 0 saturated heterocycles. The van der Waals surface area contributed by atoms with Crippen LogP contribution in [0.4, 0.5) is 18.6 Å². The van der Waals surface area contributed by atoms with E-state index in [4.69, 9.17) is 0 Å². The molecular weight excluding hydrogens is 285 g/mol. The molecule has 0 aliphatic heterocycles. The van der Waals surface area contributed by atoms with Crippen molar-refractivity contribution < 1.29 is 64.3 Å². The van der Waals surface area contributed by atoms with E-state index in [1.807, 2.05) is 6.92 Å². The number of nitrogens with zero attached hydrogens (tertiary/aromatic N) is 3. The molecule has 0 unspecified atom stereocenters. The molecule has 0 N–H and O–H groups in total. The van der Waals surface area contributed by atoms with Crippen LogP contribution in [-0.4, -0.2) is 30.4 Å². The van der Waals surface area contributed by atoms with Crippen LogP contribution in [0.5, 0.6) is 0 Å². The molecule has 9 heteroatoms. The molecule has 0 bridgehead atoms. The SMILES string of the molecule is C=C(Cn1ncc(N(C)CC)cc1=O)[B-](F)(F)F.[K+]. The van der Waals surface area contributed by atoms with Crippen LogP contribution in [0.15, 0.2) is 29.1 Å². The Kier molecular flexibility index (Phi) is 7.59. The third-order valence-corrected chi connectivity index (χ3v) is 2.59. The van der Waals surface area contributed by atoms with Crippen LogP contribution >= 0.6 is 0 Å². The second kappa shape index (κ2) is 7.63. The Bertz CT molecular complexity index is 504. The Balaban J connectivity index is 0.00000324. The van der Waals surface area contributed by atoms with E-state index >= 15 is 0 Å². The zero-order valence-corrected chi connectivity index (χ0v) is 14.4. The summed E-state index contributed by atoms with van der Waals surface area (Å²) in [7, 11) is 1.76. The van der Waals surface area contributed by atoms with Crippen molar-refractivity contribution >= 4 is 12.7 Å². The Morgan fingerprint density at radius 1 is 1.53 bits per heavy atom. The number of halogens is 3. The smallest absolute Gasteiger partial charge is 0.445 e. The van der Waals surface area contributed by atoms with Gasteiger partial charge in [0.15, 0.2) is 0 Å². The number of allylic oxidation sites excluding steroid dienone is 1. The average molecular weight is 299 g/mol. The molecule has 0 spiro atoms. The van der Waals surface area contributed by atoms with Crippen LogP contribution in [0.1, 0.15) is 6.92 Å². The fourth-order valence-corrected chi connectivity index (χ4v) is 1.23. The minimum absolute atomic E-state index is 0. The first-order valence-corrected chi connectivity index (χ1v) is 5.41. The van der Waals surface area contributed by atoms with Gasteiger partial charge in [0, 0.05) is 26.2 Å². The summed E-state index contributed by atoms with van der Waals surface area (Å²) in [5.41, 5.74) is -0.947. The van der Waals surface area contributed by atoms with Gasteiger partial charge in [-0.3, -0.25) is 4.79 Å². The molecule has 4 nitrogen and oxygen atoms in total. The fraction of sp³-hybridized carbons (Fsp3) is 0.400. The number of hydrogen-bond acceptors (Lipinski definition) is 3. The first-order valence-electron chi connectivity index (χ1n) is 5.41. The number of rotatable bonds is 5. The molecule has 0 aromatic carbocycles. The van der Waals surface area contributed by atoms with E-state index in [2.05, 4.69) is 11.7 Å². The Hall–Kier alpha value is -0.0887. The van der Waals surface area contributed by atoms with Crippen LogP contribution in [0.3, 0.4) is 0 Å². The molecule has 1 aromatic rings. The molecule has 0 saturated carbocycles. The first kappa shape index (κ1) is 18.9. The van der Waals surface area contributed by atoms with Crippen LogP contribution < -0.4 is 61.8 Å². The van der Waals surface area contributed by atoms with Crippen molar-refractivity contribution in [1.82, 2.24) is 9.78 Å². The Morgan fingerprint density at radius 3 is 2.53 bits per heavy atom. The minimum Gasteiger partial charge on any atom is -0.445 e. The van der Waals surface area contributed by atoms with Crippen molar-refractivity contribution in [2.75, 3.05) is 18.5 Å². The molecule has 1 heterocycles. The second-order valence-electron chi connectivity index (χ2n) is 3.96. The van der Waals surface area contributed by atoms with Crippen LogP contribution in [-0.2, 0) is 6.54 Å². The zero-order chi connectivity index (χ0) is 13.9. The predicted octanol–water partition coefficient (Wildman–Crippen LogP) is -1.35. The molecule has 0 fully saturated rings. The summed E-state index contributed by atoms with van der Waals surface area (Å²) in [6, 6.07) is 1.26. The van der Waals surface area contributed by atoms with Crippen LogP contribution in [0, 0.1) is 0 Å². The van der Waals surface area contributed by atoms with Crippen molar-refractivity contribution in [1.29, 1.82) is 0 Å². The summed E-state index contributed by atoms with van der Waals surface area (Å²) in [5.74, 6) is 0. The van der Waals surface area contributed by atoms with Crippen molar-refractivity contribution in [3.8, 4) is 0 Å². The second-order valence-corrected chi connectivity index (χ2v) is 3.96. The molecular formula is C10H14BF3KN3O. The van der Waals surface area contributed by atoms with Crippen LogP contribution in [0.25, 0.3) is 0 Å². The molecule has 0 atom stereocenters. The van der Waals surface area contributed by atoms with Gasteiger partial charge in [0.2, 0.25) is 0 Å². The van der Waals surface area contributed by atoms with Crippen molar-refractivity contribution in [3.05, 3.63) is 34.7 Å². The zero-order valence-electron chi connectivity index (χ0n) is 11.2. The van der Waals surface area contributed by atoms with Gasteiger partial charge < -0.3 is 17.8 Å². The summed E-state index contributed by atoms with van der Waals surface area (Å²) in [6.07, 6.45) is 1.36. The normalized spacial score (nSPS) is 10.8. The van der Waals surface area contributed by atoms with E-state index in [9.17, 15) is 17.7 Å². The molecule has 1 rings (SSSR count). The topological polar surface area (TPSA) is 38.1 Å². The molecule has 0 amide bonds. The summed E-state index contributed by atoms with van der Waals surface area (Å²) < 4.78 is 37.8. The van der Waals surface area contributed by atoms with Crippen molar-refractivity contribution in [3.63, 3.8) is 0 Å². The van der Waals surface area contributed by atoms with Gasteiger partial charge in [-0.2, -0.15) is 5.10 Å². The predicted molar refractivity (Wildman–Crippen MR) is 65.7 cm³/mol. The number of aromatic nitrogens is 2. The van der Waals surface area contributed by atoms with Crippen LogP contribution in [0.2, 0.25) is 0 Å². The number of hydrogen-bond donors (Lipinski definition) is 0. The molecule has 1 aromatic heterocycles. The largest absolute Gasteiger partial charge is 1.00 e. The van der Waals surface area contributed by atoms with Gasteiger partial charge in [-0.15, -0.1) is 12.1 Å². The van der Waals surface area contributed by atoms with Gasteiger partial charge >= 0.3 is 58.4 Å². The van der Waals surface area contributed by atoms with E-state index < -0.39 is 24.6 Å². The fourth-order valence-electron chi connectivity index (χ4n) is 1.23. The quantitative estimate of drug-likeness (QED) is 0.631. The van der Waals surface area contributed by atoms with Gasteiger partial charge in [0.05, 0.1) is 11.9 Å². The summed E-state index contributed by atoms with van der Waals surface area (Å²) in [6.45, 7) is -0.283. The van der Waals surface area contributed by atoms with Gasteiger partial charge in [0.25, 0.3) is 5.56 Å². The van der Waals surface area contributed by atoms with Gasteiger partial charge in [-0.25, -0.2) is 4.68 Å². The molecule has 0 aliphatic carbocycles. The standard InChI is InChI=1S/C10H14BF3N3O.K/c1-4-16(3)9-5-10(18)17(15-6-9)7-8(2)11(12,13)14;/h5-6H,2,4,7H2,1,3H3;/q-1;+1. The maximum Gasteiger partial charge on any atom is 1.00 e. The van der Waals surface area contributed by atoms with Crippen molar-refractivity contribution in [2.24, 2.45) is 0 Å². The Labute approximate surface area is 152 Å². The number of anilines is 1. The monoisotopic (exact) mass is 299 g/mol. The van der Waals surface area contributed by atoms with E-state index in [1.165, 1.54) is 12.3 Å². The Morgan fingerprint density at radius 2 is 2.11 bits per heavy atom. The van der Waals surface area contributed by atoms with E-state index in [0.29, 0.717) is 12.2 Å². The average Bonchev–Trinajstić information content (AvgIpc) is 2.29. The first-order chi connectivity index (χ1) is 8.25. The maximum atomic E-state index is 12.3. The van der Waals surface area contributed by atoms with E-state index in [1.54, 1.807) is 11.9 Å². The van der Waals surface area contributed by atoms with Gasteiger partial charge in [-0.05, 0) is 6.92 Å². The summed E-state index contributed by atoms with van der Waals surface area (Å²) >= 11 is 0. The molecule has 19 heavy (non-hydrogen) atoms. The minimum atomic E-state index is -5.14. The molecule has 0 aliphatic rings. The van der Waals surface area contributed by atoms with Gasteiger partial charge in [-0.1, -0.05) is 0 Å². The van der Waals surface area contributed by atoms with E-state index in [0.717, 1.165) is 4.68 Å². The molecule has 100 valence electrons. The van der Waals surface area contributed by atoms with E-state index in [-0.39, 0.29) is 51.4 Å². The third kappa shape index (κ3) is 5.43. The maximum absolute atomic E-state index is 12.3.